The third-order valence-electron chi connectivity index (χ3n) is 6.19. The van der Waals surface area contributed by atoms with Crippen molar-refractivity contribution < 1.29 is 52.2 Å². The number of esters is 1. The van der Waals surface area contributed by atoms with Gasteiger partial charge in [-0.15, -0.1) is 0 Å². The van der Waals surface area contributed by atoms with Crippen molar-refractivity contribution in [3.63, 3.8) is 0 Å². The maximum absolute atomic E-state index is 11.7. The van der Waals surface area contributed by atoms with Crippen molar-refractivity contribution >= 4 is 12.1 Å². The van der Waals surface area contributed by atoms with E-state index in [1.54, 1.807) is 0 Å². The van der Waals surface area contributed by atoms with Gasteiger partial charge in [0.2, 0.25) is 0 Å². The smallest absolute Gasteiger partial charge is 0.407 e. The van der Waals surface area contributed by atoms with Crippen LogP contribution in [0.1, 0.15) is 57.4 Å². The summed E-state index contributed by atoms with van der Waals surface area (Å²) in [5.74, 6) is -0.147. The standard InChI is InChI=1S/C33H57NO11/c1-2-3-4-5-6-10-13-32(35)44-29-28-43-27-26-42-25-24-41-23-22-40-21-20-39-19-18-38-17-16-37-15-14-34-33(36)45-30-31-11-8-7-9-12-31/h7-9,11-12H,2-6,10,13-30H2,1H3,(H,34,36). The molecule has 0 radical (unpaired) electrons. The summed E-state index contributed by atoms with van der Waals surface area (Å²) in [6.45, 7) is 9.45. The first kappa shape index (κ1) is 40.7. The Morgan fingerprint density at radius 2 is 0.978 bits per heavy atom. The van der Waals surface area contributed by atoms with E-state index in [0.717, 1.165) is 18.4 Å². The van der Waals surface area contributed by atoms with Gasteiger partial charge in [-0.25, -0.2) is 4.79 Å². The van der Waals surface area contributed by atoms with E-state index in [0.29, 0.717) is 105 Å². The molecule has 0 atom stereocenters. The summed E-state index contributed by atoms with van der Waals surface area (Å²) in [5, 5.41) is 2.64. The second kappa shape index (κ2) is 33.1. The maximum Gasteiger partial charge on any atom is 0.407 e. The van der Waals surface area contributed by atoms with Gasteiger partial charge in [0, 0.05) is 13.0 Å². The minimum absolute atomic E-state index is 0.147. The van der Waals surface area contributed by atoms with Crippen LogP contribution in [-0.4, -0.2) is 118 Å². The van der Waals surface area contributed by atoms with E-state index < -0.39 is 6.09 Å². The van der Waals surface area contributed by atoms with Gasteiger partial charge in [-0.3, -0.25) is 4.79 Å². The molecule has 0 spiro atoms. The molecule has 0 heterocycles. The third-order valence-corrected chi connectivity index (χ3v) is 6.19. The van der Waals surface area contributed by atoms with E-state index in [1.165, 1.54) is 25.7 Å². The highest BCUT2D eigenvalue weighted by Crippen LogP contribution is 2.07. The van der Waals surface area contributed by atoms with Gasteiger partial charge in [-0.2, -0.15) is 0 Å². The number of ether oxygens (including phenoxy) is 9. The van der Waals surface area contributed by atoms with Crippen LogP contribution in [0.4, 0.5) is 4.79 Å². The molecule has 0 aromatic heterocycles. The number of unbranched alkanes of at least 4 members (excludes halogenated alkanes) is 5. The third kappa shape index (κ3) is 30.1. The summed E-state index contributed by atoms with van der Waals surface area (Å²) in [4.78, 5) is 23.3. The highest BCUT2D eigenvalue weighted by atomic mass is 16.6. The van der Waals surface area contributed by atoms with Crippen LogP contribution in [0.25, 0.3) is 0 Å². The van der Waals surface area contributed by atoms with Crippen LogP contribution < -0.4 is 5.32 Å². The van der Waals surface area contributed by atoms with Gasteiger partial charge < -0.3 is 47.9 Å². The highest BCUT2D eigenvalue weighted by Gasteiger charge is 2.03. The molecule has 45 heavy (non-hydrogen) atoms. The molecular formula is C33H57NO11. The molecule has 1 rings (SSSR count). The van der Waals surface area contributed by atoms with E-state index >= 15 is 0 Å². The first-order valence-electron chi connectivity index (χ1n) is 16.4. The maximum atomic E-state index is 11.7. The van der Waals surface area contributed by atoms with Gasteiger partial charge in [-0.1, -0.05) is 69.4 Å². The predicted molar refractivity (Wildman–Crippen MR) is 169 cm³/mol. The second-order valence-electron chi connectivity index (χ2n) is 10.0. The number of nitrogens with one attached hydrogen (secondary N) is 1. The zero-order valence-electron chi connectivity index (χ0n) is 27.3. The number of carbonyl (C=O) groups is 2. The molecule has 0 unspecified atom stereocenters. The fourth-order valence-electron chi connectivity index (χ4n) is 3.76. The van der Waals surface area contributed by atoms with Gasteiger partial charge in [0.25, 0.3) is 0 Å². The lowest BCUT2D eigenvalue weighted by atomic mass is 10.1. The Kier molecular flexibility index (Phi) is 29.9. The summed E-state index contributed by atoms with van der Waals surface area (Å²) in [6, 6.07) is 9.50. The first-order chi connectivity index (χ1) is 22.2. The van der Waals surface area contributed by atoms with Crippen molar-refractivity contribution in [2.45, 2.75) is 58.5 Å². The van der Waals surface area contributed by atoms with Crippen LogP contribution in [0.15, 0.2) is 30.3 Å². The molecule has 0 aliphatic carbocycles. The van der Waals surface area contributed by atoms with Crippen molar-refractivity contribution in [3.05, 3.63) is 35.9 Å². The van der Waals surface area contributed by atoms with E-state index in [2.05, 4.69) is 12.2 Å². The Labute approximate surface area is 269 Å². The van der Waals surface area contributed by atoms with Crippen molar-refractivity contribution in [1.29, 1.82) is 0 Å². The molecule has 0 saturated carbocycles. The Morgan fingerprint density at radius 3 is 1.49 bits per heavy atom. The minimum atomic E-state index is -0.470. The summed E-state index contributed by atoms with van der Waals surface area (Å²) >= 11 is 0. The number of carbonyl (C=O) groups excluding carboxylic acids is 2. The first-order valence-corrected chi connectivity index (χ1v) is 16.4. The highest BCUT2D eigenvalue weighted by molar-refractivity contribution is 5.69. The van der Waals surface area contributed by atoms with Crippen LogP contribution in [0.5, 0.6) is 0 Å². The van der Waals surface area contributed by atoms with Gasteiger partial charge in [0.1, 0.15) is 13.2 Å². The summed E-state index contributed by atoms with van der Waals surface area (Å²) < 4.78 is 48.4. The van der Waals surface area contributed by atoms with Gasteiger partial charge in [-0.05, 0) is 12.0 Å². The molecule has 12 heteroatoms. The Bertz CT molecular complexity index is 785. The van der Waals surface area contributed by atoms with Gasteiger partial charge in [0.05, 0.1) is 92.5 Å². The molecule has 1 aromatic carbocycles. The molecule has 1 aromatic rings. The normalized spacial score (nSPS) is 11.0. The number of hydrogen-bond acceptors (Lipinski definition) is 11. The van der Waals surface area contributed by atoms with E-state index in [1.807, 2.05) is 30.3 Å². The van der Waals surface area contributed by atoms with Gasteiger partial charge >= 0.3 is 12.1 Å². The fraction of sp³-hybridized carbons (Fsp3) is 0.758. The lowest BCUT2D eigenvalue weighted by Crippen LogP contribution is -2.28. The van der Waals surface area contributed by atoms with Crippen LogP contribution in [0.2, 0.25) is 0 Å². The Morgan fingerprint density at radius 1 is 0.533 bits per heavy atom. The quantitative estimate of drug-likeness (QED) is 0.0868. The number of amides is 1. The summed E-state index contributed by atoms with van der Waals surface area (Å²) in [5.41, 5.74) is 0.937. The number of benzene rings is 1. The predicted octanol–water partition coefficient (Wildman–Crippen LogP) is 4.32. The fourth-order valence-corrected chi connectivity index (χ4v) is 3.76. The molecule has 0 fully saturated rings. The van der Waals surface area contributed by atoms with E-state index in [-0.39, 0.29) is 19.2 Å². The van der Waals surface area contributed by atoms with Crippen molar-refractivity contribution in [2.24, 2.45) is 0 Å². The van der Waals surface area contributed by atoms with Crippen molar-refractivity contribution in [1.82, 2.24) is 5.32 Å². The second-order valence-corrected chi connectivity index (χ2v) is 10.0. The zero-order chi connectivity index (χ0) is 32.3. The SMILES string of the molecule is CCCCCCCCC(=O)OCCOCCOCCOCCOCCOCCOCCOCCNC(=O)OCc1ccccc1. The van der Waals surface area contributed by atoms with Crippen molar-refractivity contribution in [3.8, 4) is 0 Å². The van der Waals surface area contributed by atoms with Gasteiger partial charge in [0.15, 0.2) is 0 Å². The van der Waals surface area contributed by atoms with E-state index in [9.17, 15) is 9.59 Å². The molecule has 260 valence electrons. The van der Waals surface area contributed by atoms with Crippen molar-refractivity contribution in [2.75, 3.05) is 106 Å². The molecular weight excluding hydrogens is 586 g/mol. The minimum Gasteiger partial charge on any atom is -0.463 e. The topological polar surface area (TPSA) is 129 Å². The average Bonchev–Trinajstić information content (AvgIpc) is 3.05. The number of rotatable bonds is 33. The lowest BCUT2D eigenvalue weighted by molar-refractivity contribution is -0.145. The zero-order valence-corrected chi connectivity index (χ0v) is 27.3. The van der Waals surface area contributed by atoms with Crippen LogP contribution in [-0.2, 0) is 54.0 Å². The Hall–Kier alpha value is -2.32. The molecule has 0 bridgehead atoms. The summed E-state index contributed by atoms with van der Waals surface area (Å²) in [7, 11) is 0. The van der Waals surface area contributed by atoms with E-state index in [4.69, 9.17) is 42.6 Å². The monoisotopic (exact) mass is 643 g/mol. The lowest BCUT2D eigenvalue weighted by Gasteiger charge is -2.09. The number of hydrogen-bond donors (Lipinski definition) is 1. The Balaban J connectivity index is 1.67. The molecule has 0 aliphatic rings. The molecule has 0 saturated heterocycles. The molecule has 12 nitrogen and oxygen atoms in total. The summed E-state index contributed by atoms with van der Waals surface area (Å²) in [6.07, 6.45) is 6.93. The molecule has 1 N–H and O–H groups in total. The van der Waals surface area contributed by atoms with Crippen LogP contribution in [0.3, 0.4) is 0 Å². The molecule has 1 amide bonds. The number of alkyl carbamates (subject to hydrolysis) is 1. The largest absolute Gasteiger partial charge is 0.463 e. The van der Waals surface area contributed by atoms with Crippen LogP contribution >= 0.6 is 0 Å². The molecule has 0 aliphatic heterocycles. The van der Waals surface area contributed by atoms with Crippen LogP contribution in [0, 0.1) is 0 Å². The average molecular weight is 644 g/mol.